The van der Waals surface area contributed by atoms with Gasteiger partial charge >= 0.3 is 0 Å². The van der Waals surface area contributed by atoms with Crippen molar-refractivity contribution in [3.05, 3.63) is 83.9 Å². The predicted octanol–water partition coefficient (Wildman–Crippen LogP) is 4.44. The van der Waals surface area contributed by atoms with E-state index in [2.05, 4.69) is 20.3 Å². The van der Waals surface area contributed by atoms with Crippen LogP contribution >= 0.6 is 11.6 Å². The number of halogens is 1. The fraction of sp³-hybridized carbons (Fsp3) is 0. The number of nitrogens with one attached hydrogen (secondary N) is 2. The second-order valence-corrected chi connectivity index (χ2v) is 9.34. The zero-order valence-corrected chi connectivity index (χ0v) is 18.9. The van der Waals surface area contributed by atoms with E-state index in [0.29, 0.717) is 33.3 Å². The van der Waals surface area contributed by atoms with Crippen molar-refractivity contribution in [2.75, 3.05) is 5.32 Å². The summed E-state index contributed by atoms with van der Waals surface area (Å²) in [6.45, 7) is 0. The van der Waals surface area contributed by atoms with Crippen LogP contribution in [0.25, 0.3) is 33.7 Å². The van der Waals surface area contributed by atoms with E-state index in [-0.39, 0.29) is 16.6 Å². The molecule has 5 rings (SSSR count). The summed E-state index contributed by atoms with van der Waals surface area (Å²) in [6.07, 6.45) is 3.06. The number of benzene rings is 2. The summed E-state index contributed by atoms with van der Waals surface area (Å²) in [5.74, 6) is 0.278. The van der Waals surface area contributed by atoms with Crippen molar-refractivity contribution >= 4 is 44.4 Å². The Bertz CT molecular complexity index is 1630. The summed E-state index contributed by atoms with van der Waals surface area (Å²) in [6, 6.07) is 16.3. The summed E-state index contributed by atoms with van der Waals surface area (Å²) >= 11 is 6.40. The number of furan rings is 1. The van der Waals surface area contributed by atoms with E-state index in [1.54, 1.807) is 48.7 Å². The molecule has 0 saturated carbocycles. The number of aromatic nitrogens is 3. The van der Waals surface area contributed by atoms with Crippen LogP contribution in [0.5, 0.6) is 0 Å². The van der Waals surface area contributed by atoms with Crippen LogP contribution in [0.1, 0.15) is 10.6 Å². The highest BCUT2D eigenvalue weighted by Crippen LogP contribution is 2.31. The van der Waals surface area contributed by atoms with Gasteiger partial charge in [0.2, 0.25) is 10.0 Å². The zero-order chi connectivity index (χ0) is 23.9. The molecule has 11 heteroatoms. The monoisotopic (exact) mass is 493 g/mol. The fourth-order valence-electron chi connectivity index (χ4n) is 3.41. The Balaban J connectivity index is 1.46. The molecule has 3 aromatic heterocycles. The van der Waals surface area contributed by atoms with E-state index in [1.807, 2.05) is 6.07 Å². The number of hydrogen-bond acceptors (Lipinski definition) is 6. The van der Waals surface area contributed by atoms with Gasteiger partial charge in [0, 0.05) is 23.0 Å². The summed E-state index contributed by atoms with van der Waals surface area (Å²) in [7, 11) is -3.77. The molecule has 2 aromatic carbocycles. The van der Waals surface area contributed by atoms with Gasteiger partial charge in [-0.2, -0.15) is 0 Å². The van der Waals surface area contributed by atoms with Gasteiger partial charge in [0.25, 0.3) is 5.91 Å². The molecule has 1 amide bonds. The van der Waals surface area contributed by atoms with E-state index >= 15 is 0 Å². The van der Waals surface area contributed by atoms with Crippen LogP contribution in [-0.4, -0.2) is 29.3 Å². The van der Waals surface area contributed by atoms with Crippen molar-refractivity contribution in [3.63, 3.8) is 0 Å². The molecule has 4 N–H and O–H groups in total. The third kappa shape index (κ3) is 4.29. The molecule has 5 aromatic rings. The van der Waals surface area contributed by atoms with Crippen molar-refractivity contribution < 1.29 is 17.6 Å². The molecule has 0 aliphatic carbocycles. The average Bonchev–Trinajstić information content (AvgIpc) is 3.49. The number of nitrogens with two attached hydrogens (primary N) is 1. The van der Waals surface area contributed by atoms with Gasteiger partial charge in [-0.1, -0.05) is 23.7 Å². The highest BCUT2D eigenvalue weighted by molar-refractivity contribution is 7.89. The molecule has 34 heavy (non-hydrogen) atoms. The SMILES string of the molecule is NS(=O)(=O)c1ccc(-c2cnc3nc(-c4cc(NC(=O)c5ccco5)ccc4Cl)[nH]c3c2)cc1. The maximum atomic E-state index is 12.3. The molecular weight excluding hydrogens is 478 g/mol. The van der Waals surface area contributed by atoms with Gasteiger partial charge in [-0.15, -0.1) is 0 Å². The normalized spacial score (nSPS) is 11.6. The number of aromatic amines is 1. The number of rotatable bonds is 5. The van der Waals surface area contributed by atoms with E-state index < -0.39 is 10.0 Å². The van der Waals surface area contributed by atoms with Crippen molar-refractivity contribution in [1.29, 1.82) is 0 Å². The first-order chi connectivity index (χ1) is 16.3. The minimum Gasteiger partial charge on any atom is -0.459 e. The minimum atomic E-state index is -3.77. The number of hydrogen-bond donors (Lipinski definition) is 3. The molecule has 3 heterocycles. The number of carbonyl (C=O) groups excluding carboxylic acids is 1. The minimum absolute atomic E-state index is 0.0303. The highest BCUT2D eigenvalue weighted by Gasteiger charge is 2.15. The van der Waals surface area contributed by atoms with Crippen LogP contribution < -0.4 is 10.5 Å². The Hall–Kier alpha value is -3.99. The Morgan fingerprint density at radius 2 is 1.85 bits per heavy atom. The number of anilines is 1. The number of sulfonamides is 1. The lowest BCUT2D eigenvalue weighted by atomic mass is 10.1. The largest absolute Gasteiger partial charge is 0.459 e. The van der Waals surface area contributed by atoms with Gasteiger partial charge in [0.05, 0.1) is 21.7 Å². The third-order valence-corrected chi connectivity index (χ3v) is 6.34. The lowest BCUT2D eigenvalue weighted by Gasteiger charge is -2.07. The lowest BCUT2D eigenvalue weighted by molar-refractivity contribution is 0.0996. The van der Waals surface area contributed by atoms with Crippen LogP contribution in [0, 0.1) is 0 Å². The van der Waals surface area contributed by atoms with Crippen LogP contribution in [0.3, 0.4) is 0 Å². The summed E-state index contributed by atoms with van der Waals surface area (Å²) in [5, 5.41) is 8.36. The number of imidazole rings is 1. The molecule has 0 bridgehead atoms. The lowest BCUT2D eigenvalue weighted by Crippen LogP contribution is -2.11. The van der Waals surface area contributed by atoms with Crippen LogP contribution in [0.15, 0.2) is 82.4 Å². The van der Waals surface area contributed by atoms with E-state index in [0.717, 1.165) is 11.1 Å². The highest BCUT2D eigenvalue weighted by atomic mass is 35.5. The molecule has 0 saturated heterocycles. The van der Waals surface area contributed by atoms with Gasteiger partial charge in [-0.25, -0.2) is 23.5 Å². The molecular formula is C23H16ClN5O4S. The first-order valence-corrected chi connectivity index (χ1v) is 11.8. The van der Waals surface area contributed by atoms with Gasteiger partial charge < -0.3 is 14.7 Å². The second kappa shape index (κ2) is 8.41. The molecule has 0 radical (unpaired) electrons. The number of H-pyrrole nitrogens is 1. The van der Waals surface area contributed by atoms with Gasteiger partial charge in [0.15, 0.2) is 11.4 Å². The zero-order valence-electron chi connectivity index (χ0n) is 17.3. The first kappa shape index (κ1) is 21.8. The van der Waals surface area contributed by atoms with E-state index in [4.69, 9.17) is 21.2 Å². The summed E-state index contributed by atoms with van der Waals surface area (Å²) < 4.78 is 28.1. The Morgan fingerprint density at radius 3 is 2.56 bits per heavy atom. The molecule has 9 nitrogen and oxygen atoms in total. The first-order valence-electron chi connectivity index (χ1n) is 9.92. The van der Waals surface area contributed by atoms with E-state index in [9.17, 15) is 13.2 Å². The van der Waals surface area contributed by atoms with Crippen molar-refractivity contribution in [2.45, 2.75) is 4.90 Å². The molecule has 0 aliphatic heterocycles. The number of fused-ring (bicyclic) bond motifs is 1. The topological polar surface area (TPSA) is 144 Å². The molecule has 0 spiro atoms. The Morgan fingerprint density at radius 1 is 1.06 bits per heavy atom. The average molecular weight is 494 g/mol. The number of pyridine rings is 1. The van der Waals surface area contributed by atoms with Crippen molar-refractivity contribution in [3.8, 4) is 22.5 Å². The standard InChI is InChI=1S/C23H16ClN5O4S/c24-18-8-5-15(27-23(30)20-2-1-9-33-20)11-17(18)21-28-19-10-14(12-26-22(19)29-21)13-3-6-16(7-4-13)34(25,31)32/h1-12H,(H,27,30)(H2,25,31,32)(H,26,28,29). The summed E-state index contributed by atoms with van der Waals surface area (Å²) in [5.41, 5.74) is 3.75. The van der Waals surface area contributed by atoms with E-state index in [1.165, 1.54) is 18.4 Å². The Labute approximate surface area is 198 Å². The molecule has 0 unspecified atom stereocenters. The second-order valence-electron chi connectivity index (χ2n) is 7.38. The van der Waals surface area contributed by atoms with Crippen molar-refractivity contribution in [1.82, 2.24) is 15.0 Å². The summed E-state index contributed by atoms with van der Waals surface area (Å²) in [4.78, 5) is 24.4. The predicted molar refractivity (Wildman–Crippen MR) is 128 cm³/mol. The van der Waals surface area contributed by atoms with Gasteiger partial charge in [-0.05, 0) is 54.1 Å². The fourth-order valence-corrected chi connectivity index (χ4v) is 4.13. The molecule has 0 atom stereocenters. The maximum absolute atomic E-state index is 12.3. The number of nitrogens with zero attached hydrogens (tertiary/aromatic N) is 2. The van der Waals surface area contributed by atoms with Crippen LogP contribution in [0.2, 0.25) is 5.02 Å². The smallest absolute Gasteiger partial charge is 0.291 e. The van der Waals surface area contributed by atoms with Gasteiger partial charge in [0.1, 0.15) is 5.82 Å². The third-order valence-electron chi connectivity index (χ3n) is 5.08. The number of primary sulfonamides is 1. The number of carbonyl (C=O) groups is 1. The van der Waals surface area contributed by atoms with Crippen molar-refractivity contribution in [2.24, 2.45) is 5.14 Å². The quantitative estimate of drug-likeness (QED) is 0.330. The Kier molecular flexibility index (Phi) is 5.40. The van der Waals surface area contributed by atoms with Crippen LogP contribution in [-0.2, 0) is 10.0 Å². The van der Waals surface area contributed by atoms with Crippen LogP contribution in [0.4, 0.5) is 5.69 Å². The maximum Gasteiger partial charge on any atom is 0.291 e. The molecule has 170 valence electrons. The molecule has 0 fully saturated rings. The van der Waals surface area contributed by atoms with Gasteiger partial charge in [-0.3, -0.25) is 4.79 Å². The molecule has 0 aliphatic rings. The number of amides is 1.